The summed E-state index contributed by atoms with van der Waals surface area (Å²) in [6.07, 6.45) is 3.06. The van der Waals surface area contributed by atoms with Gasteiger partial charge in [0.05, 0.1) is 0 Å². The molecule has 1 atom stereocenters. The Kier molecular flexibility index (Phi) is 5.25. The van der Waals surface area contributed by atoms with E-state index in [1.807, 2.05) is 18.2 Å². The summed E-state index contributed by atoms with van der Waals surface area (Å²) in [6.45, 7) is 2.08. The highest BCUT2D eigenvalue weighted by molar-refractivity contribution is 9.10. The highest BCUT2D eigenvalue weighted by Crippen LogP contribution is 2.29. The molecule has 1 fully saturated rings. The van der Waals surface area contributed by atoms with Crippen LogP contribution in [0.1, 0.15) is 24.8 Å². The standard InChI is InChI=1S/C14H20BrN3O2/c15-11-3-4-13(12(8-11)14(16)17-20)18-6-1-2-10(9-18)5-7-19/h3-4,8,10,19-20H,1-2,5-7,9H2,(H2,16,17). The van der Waals surface area contributed by atoms with Crippen molar-refractivity contribution in [3.05, 3.63) is 28.2 Å². The molecule has 1 heterocycles. The molecular formula is C14H20BrN3O2. The molecule has 0 bridgehead atoms. The van der Waals surface area contributed by atoms with Gasteiger partial charge >= 0.3 is 0 Å². The minimum absolute atomic E-state index is 0.116. The largest absolute Gasteiger partial charge is 0.409 e. The third-order valence-electron chi connectivity index (χ3n) is 3.74. The molecule has 5 nitrogen and oxygen atoms in total. The van der Waals surface area contributed by atoms with Crippen molar-refractivity contribution >= 4 is 27.5 Å². The molecule has 1 aliphatic rings. The third-order valence-corrected chi connectivity index (χ3v) is 4.23. The van der Waals surface area contributed by atoms with Gasteiger partial charge in [0.15, 0.2) is 5.84 Å². The molecule has 1 unspecified atom stereocenters. The van der Waals surface area contributed by atoms with Crippen molar-refractivity contribution in [2.75, 3.05) is 24.6 Å². The SMILES string of the molecule is N/C(=N/O)c1cc(Br)ccc1N1CCCC(CCO)C1. The molecule has 0 radical (unpaired) electrons. The maximum absolute atomic E-state index is 9.10. The Balaban J connectivity index is 2.27. The number of nitrogens with zero attached hydrogens (tertiary/aromatic N) is 2. The number of oxime groups is 1. The number of aliphatic hydroxyl groups is 1. The van der Waals surface area contributed by atoms with E-state index in [2.05, 4.69) is 26.0 Å². The van der Waals surface area contributed by atoms with Gasteiger partial charge in [0, 0.05) is 35.4 Å². The highest BCUT2D eigenvalue weighted by Gasteiger charge is 2.22. The van der Waals surface area contributed by atoms with Crippen molar-refractivity contribution < 1.29 is 10.3 Å². The molecule has 20 heavy (non-hydrogen) atoms. The molecule has 4 N–H and O–H groups in total. The lowest BCUT2D eigenvalue weighted by molar-refractivity contribution is 0.244. The second-order valence-electron chi connectivity index (χ2n) is 5.11. The summed E-state index contributed by atoms with van der Waals surface area (Å²) in [5.41, 5.74) is 7.48. The number of halogens is 1. The van der Waals surface area contributed by atoms with E-state index in [1.165, 1.54) is 0 Å². The molecule has 1 aromatic rings. The summed E-state index contributed by atoms with van der Waals surface area (Å²) < 4.78 is 0.895. The van der Waals surface area contributed by atoms with E-state index >= 15 is 0 Å². The summed E-state index contributed by atoms with van der Waals surface area (Å²) in [6, 6.07) is 5.80. The van der Waals surface area contributed by atoms with Gasteiger partial charge in [0.1, 0.15) is 0 Å². The number of piperidine rings is 1. The number of rotatable bonds is 4. The van der Waals surface area contributed by atoms with Crippen LogP contribution in [0.3, 0.4) is 0 Å². The zero-order valence-corrected chi connectivity index (χ0v) is 12.9. The van der Waals surface area contributed by atoms with Crippen LogP contribution in [-0.4, -0.2) is 35.8 Å². The van der Waals surface area contributed by atoms with Gasteiger partial charge in [-0.3, -0.25) is 0 Å². The molecule has 0 saturated carbocycles. The normalized spacial score (nSPS) is 20.2. The average Bonchev–Trinajstić information content (AvgIpc) is 2.47. The Morgan fingerprint density at radius 2 is 2.30 bits per heavy atom. The highest BCUT2D eigenvalue weighted by atomic mass is 79.9. The number of anilines is 1. The molecule has 0 aromatic heterocycles. The molecule has 6 heteroatoms. The molecule has 0 spiro atoms. The van der Waals surface area contributed by atoms with E-state index in [4.69, 9.17) is 16.0 Å². The van der Waals surface area contributed by atoms with Gasteiger partial charge in [0.25, 0.3) is 0 Å². The van der Waals surface area contributed by atoms with Gasteiger partial charge in [-0.15, -0.1) is 0 Å². The summed E-state index contributed by atoms with van der Waals surface area (Å²) in [5.74, 6) is 0.614. The Bertz CT molecular complexity index is 491. The fourth-order valence-electron chi connectivity index (χ4n) is 2.75. The first kappa shape index (κ1) is 15.1. The third kappa shape index (κ3) is 3.43. The molecule has 2 rings (SSSR count). The number of nitrogens with two attached hydrogens (primary N) is 1. The topological polar surface area (TPSA) is 82.1 Å². The zero-order valence-electron chi connectivity index (χ0n) is 11.3. The Hall–Kier alpha value is -1.27. The Labute approximate surface area is 127 Å². The van der Waals surface area contributed by atoms with Crippen molar-refractivity contribution in [3.8, 4) is 0 Å². The smallest absolute Gasteiger partial charge is 0.172 e. The van der Waals surface area contributed by atoms with Crippen molar-refractivity contribution in [1.82, 2.24) is 0 Å². The molecular weight excluding hydrogens is 322 g/mol. The summed E-state index contributed by atoms with van der Waals surface area (Å²) in [7, 11) is 0. The van der Waals surface area contributed by atoms with Crippen molar-refractivity contribution in [2.24, 2.45) is 16.8 Å². The number of amidine groups is 1. The van der Waals surface area contributed by atoms with Crippen LogP contribution in [0, 0.1) is 5.92 Å². The lowest BCUT2D eigenvalue weighted by Gasteiger charge is -2.35. The predicted octanol–water partition coefficient (Wildman–Crippen LogP) is 2.14. The Morgan fingerprint density at radius 1 is 1.50 bits per heavy atom. The van der Waals surface area contributed by atoms with E-state index in [0.717, 1.165) is 48.1 Å². The van der Waals surface area contributed by atoms with Crippen LogP contribution in [0.4, 0.5) is 5.69 Å². The predicted molar refractivity (Wildman–Crippen MR) is 83.3 cm³/mol. The number of hydrogen-bond donors (Lipinski definition) is 3. The van der Waals surface area contributed by atoms with E-state index in [9.17, 15) is 0 Å². The van der Waals surface area contributed by atoms with Crippen LogP contribution < -0.4 is 10.6 Å². The van der Waals surface area contributed by atoms with Crippen LogP contribution in [0.5, 0.6) is 0 Å². The summed E-state index contributed by atoms with van der Waals surface area (Å²) in [5, 5.41) is 21.1. The van der Waals surface area contributed by atoms with Crippen LogP contribution >= 0.6 is 15.9 Å². The van der Waals surface area contributed by atoms with Gasteiger partial charge < -0.3 is 20.9 Å². The summed E-state index contributed by atoms with van der Waals surface area (Å²) >= 11 is 3.41. The first-order chi connectivity index (χ1) is 9.65. The molecule has 1 aliphatic heterocycles. The van der Waals surface area contributed by atoms with Crippen molar-refractivity contribution in [3.63, 3.8) is 0 Å². The average molecular weight is 342 g/mol. The molecule has 1 aromatic carbocycles. The minimum atomic E-state index is 0.116. The van der Waals surface area contributed by atoms with Gasteiger partial charge in [-0.05, 0) is 43.4 Å². The maximum atomic E-state index is 9.10. The number of benzene rings is 1. The fourth-order valence-corrected chi connectivity index (χ4v) is 3.11. The molecule has 0 amide bonds. The fraction of sp³-hybridized carbons (Fsp3) is 0.500. The number of hydrogen-bond acceptors (Lipinski definition) is 4. The molecule has 1 saturated heterocycles. The number of aliphatic hydroxyl groups excluding tert-OH is 1. The zero-order chi connectivity index (χ0) is 14.5. The van der Waals surface area contributed by atoms with Crippen molar-refractivity contribution in [2.45, 2.75) is 19.3 Å². The monoisotopic (exact) mass is 341 g/mol. The second-order valence-corrected chi connectivity index (χ2v) is 6.03. The lowest BCUT2D eigenvalue weighted by atomic mass is 9.94. The molecule has 110 valence electrons. The quantitative estimate of drug-likeness (QED) is 0.339. The van der Waals surface area contributed by atoms with Gasteiger partial charge in [-0.2, -0.15) is 0 Å². The minimum Gasteiger partial charge on any atom is -0.409 e. The van der Waals surface area contributed by atoms with Gasteiger partial charge in [-0.25, -0.2) is 0 Å². The van der Waals surface area contributed by atoms with Crippen LogP contribution in [0.2, 0.25) is 0 Å². The van der Waals surface area contributed by atoms with Crippen LogP contribution in [-0.2, 0) is 0 Å². The maximum Gasteiger partial charge on any atom is 0.172 e. The lowest BCUT2D eigenvalue weighted by Crippen LogP contribution is -2.37. The van der Waals surface area contributed by atoms with E-state index in [0.29, 0.717) is 5.92 Å². The van der Waals surface area contributed by atoms with E-state index in [-0.39, 0.29) is 12.4 Å². The van der Waals surface area contributed by atoms with Crippen molar-refractivity contribution in [1.29, 1.82) is 0 Å². The Morgan fingerprint density at radius 3 is 3.00 bits per heavy atom. The first-order valence-electron chi connectivity index (χ1n) is 6.79. The molecule has 0 aliphatic carbocycles. The van der Waals surface area contributed by atoms with Gasteiger partial charge in [-0.1, -0.05) is 21.1 Å². The van der Waals surface area contributed by atoms with Crippen LogP contribution in [0.15, 0.2) is 27.8 Å². The van der Waals surface area contributed by atoms with Gasteiger partial charge in [0.2, 0.25) is 0 Å². The van der Waals surface area contributed by atoms with E-state index < -0.39 is 0 Å². The van der Waals surface area contributed by atoms with Crippen LogP contribution in [0.25, 0.3) is 0 Å². The first-order valence-corrected chi connectivity index (χ1v) is 7.58. The second kappa shape index (κ2) is 6.95. The summed E-state index contributed by atoms with van der Waals surface area (Å²) in [4.78, 5) is 2.25. The van der Waals surface area contributed by atoms with E-state index in [1.54, 1.807) is 0 Å².